The summed E-state index contributed by atoms with van der Waals surface area (Å²) in [6.07, 6.45) is 2.61. The fraction of sp³-hybridized carbons (Fsp3) is 1.00. The van der Waals surface area contributed by atoms with Gasteiger partial charge in [-0.15, -0.1) is 0 Å². The Bertz CT molecular complexity index is 157. The highest BCUT2D eigenvalue weighted by Crippen LogP contribution is 2.14. The lowest BCUT2D eigenvalue weighted by molar-refractivity contribution is 0.259. The molecule has 3 nitrogen and oxygen atoms in total. The molecule has 15 heavy (non-hydrogen) atoms. The summed E-state index contributed by atoms with van der Waals surface area (Å²) < 4.78 is 0. The van der Waals surface area contributed by atoms with E-state index in [1.165, 1.54) is 52.1 Å². The van der Waals surface area contributed by atoms with Crippen molar-refractivity contribution in [2.75, 3.05) is 45.8 Å². The van der Waals surface area contributed by atoms with Gasteiger partial charge in [0.2, 0.25) is 0 Å². The molecule has 1 heterocycles. The monoisotopic (exact) mass is 213 g/mol. The molecular weight excluding hydrogens is 186 g/mol. The van der Waals surface area contributed by atoms with Crippen molar-refractivity contribution < 1.29 is 0 Å². The Kier molecular flexibility index (Phi) is 6.22. The van der Waals surface area contributed by atoms with Gasteiger partial charge in [-0.25, -0.2) is 0 Å². The van der Waals surface area contributed by atoms with Crippen molar-refractivity contribution in [1.82, 2.24) is 9.80 Å². The molecule has 1 aliphatic rings. The first-order valence-corrected chi connectivity index (χ1v) is 6.44. The average molecular weight is 213 g/mol. The molecule has 0 aliphatic carbocycles. The topological polar surface area (TPSA) is 32.5 Å². The first kappa shape index (κ1) is 12.9. The molecule has 0 aromatic rings. The van der Waals surface area contributed by atoms with Gasteiger partial charge in [-0.05, 0) is 58.0 Å². The number of rotatable bonds is 7. The van der Waals surface area contributed by atoms with Gasteiger partial charge in [0.15, 0.2) is 0 Å². The van der Waals surface area contributed by atoms with Crippen molar-refractivity contribution in [2.24, 2.45) is 11.7 Å². The van der Waals surface area contributed by atoms with Gasteiger partial charge >= 0.3 is 0 Å². The van der Waals surface area contributed by atoms with Crippen LogP contribution in [0.15, 0.2) is 0 Å². The molecule has 0 spiro atoms. The van der Waals surface area contributed by atoms with Crippen molar-refractivity contribution in [2.45, 2.75) is 26.7 Å². The lowest BCUT2D eigenvalue weighted by atomic mass is 10.1. The quantitative estimate of drug-likeness (QED) is 0.685. The van der Waals surface area contributed by atoms with Gasteiger partial charge < -0.3 is 15.5 Å². The summed E-state index contributed by atoms with van der Waals surface area (Å²) in [7, 11) is 0. The fourth-order valence-electron chi connectivity index (χ4n) is 2.37. The van der Waals surface area contributed by atoms with Crippen molar-refractivity contribution >= 4 is 0 Å². The van der Waals surface area contributed by atoms with E-state index in [1.54, 1.807) is 0 Å². The van der Waals surface area contributed by atoms with Crippen LogP contribution in [0.1, 0.15) is 26.7 Å². The molecule has 1 unspecified atom stereocenters. The van der Waals surface area contributed by atoms with E-state index in [0.29, 0.717) is 0 Å². The van der Waals surface area contributed by atoms with Crippen molar-refractivity contribution in [3.05, 3.63) is 0 Å². The van der Waals surface area contributed by atoms with Gasteiger partial charge in [0.25, 0.3) is 0 Å². The van der Waals surface area contributed by atoms with Crippen molar-refractivity contribution in [1.29, 1.82) is 0 Å². The van der Waals surface area contributed by atoms with Gasteiger partial charge in [-0.3, -0.25) is 0 Å². The van der Waals surface area contributed by atoms with Gasteiger partial charge in [-0.2, -0.15) is 0 Å². The molecule has 90 valence electrons. The summed E-state index contributed by atoms with van der Waals surface area (Å²) in [5.74, 6) is 0.762. The van der Waals surface area contributed by atoms with Crippen LogP contribution in [0.3, 0.4) is 0 Å². The summed E-state index contributed by atoms with van der Waals surface area (Å²) in [6.45, 7) is 12.7. The minimum atomic E-state index is 0.762. The summed E-state index contributed by atoms with van der Waals surface area (Å²) in [4.78, 5) is 5.07. The molecule has 0 aromatic heterocycles. The average Bonchev–Trinajstić information content (AvgIpc) is 2.72. The Balaban J connectivity index is 2.05. The fourth-order valence-corrected chi connectivity index (χ4v) is 2.37. The minimum absolute atomic E-state index is 0.762. The van der Waals surface area contributed by atoms with Crippen LogP contribution in [0.4, 0.5) is 0 Å². The summed E-state index contributed by atoms with van der Waals surface area (Å²) in [5.41, 5.74) is 5.68. The van der Waals surface area contributed by atoms with Gasteiger partial charge in [0.05, 0.1) is 0 Å². The molecule has 1 saturated heterocycles. The van der Waals surface area contributed by atoms with E-state index in [2.05, 4.69) is 23.6 Å². The molecule has 1 atom stereocenters. The number of hydrogen-bond donors (Lipinski definition) is 1. The molecular formula is C12H27N3. The highest BCUT2D eigenvalue weighted by Gasteiger charge is 2.20. The molecule has 0 radical (unpaired) electrons. The highest BCUT2D eigenvalue weighted by molar-refractivity contribution is 4.76. The third-order valence-electron chi connectivity index (χ3n) is 3.55. The van der Waals surface area contributed by atoms with E-state index in [4.69, 9.17) is 5.73 Å². The molecule has 0 saturated carbocycles. The molecule has 2 N–H and O–H groups in total. The Morgan fingerprint density at radius 2 is 2.07 bits per heavy atom. The summed E-state index contributed by atoms with van der Waals surface area (Å²) in [5, 5.41) is 0. The van der Waals surface area contributed by atoms with Crippen LogP contribution in [-0.2, 0) is 0 Å². The first-order chi connectivity index (χ1) is 7.30. The standard InChI is InChI=1S/C12H27N3/c1-3-14(4-2)7-5-8-15-9-6-12(10-13)11-15/h12H,3-11,13H2,1-2H3. The SMILES string of the molecule is CCN(CC)CCCN1CCC(CN)C1. The van der Waals surface area contributed by atoms with Crippen LogP contribution in [0.5, 0.6) is 0 Å². The Hall–Kier alpha value is -0.120. The van der Waals surface area contributed by atoms with E-state index in [0.717, 1.165) is 12.5 Å². The Morgan fingerprint density at radius 3 is 2.60 bits per heavy atom. The molecule has 0 bridgehead atoms. The second kappa shape index (κ2) is 7.20. The number of hydrogen-bond acceptors (Lipinski definition) is 3. The third kappa shape index (κ3) is 4.49. The van der Waals surface area contributed by atoms with E-state index in [9.17, 15) is 0 Å². The lowest BCUT2D eigenvalue weighted by Gasteiger charge is -2.20. The molecule has 1 aliphatic heterocycles. The predicted molar refractivity (Wildman–Crippen MR) is 66.0 cm³/mol. The molecule has 1 fully saturated rings. The van der Waals surface area contributed by atoms with Crippen LogP contribution in [-0.4, -0.2) is 55.6 Å². The summed E-state index contributed by atoms with van der Waals surface area (Å²) in [6, 6.07) is 0. The van der Waals surface area contributed by atoms with Gasteiger partial charge in [-0.1, -0.05) is 13.8 Å². The maximum Gasteiger partial charge on any atom is 0.00222 e. The van der Waals surface area contributed by atoms with Crippen molar-refractivity contribution in [3.8, 4) is 0 Å². The Morgan fingerprint density at radius 1 is 1.33 bits per heavy atom. The van der Waals surface area contributed by atoms with Crippen LogP contribution in [0.2, 0.25) is 0 Å². The molecule has 1 rings (SSSR count). The molecule has 0 aromatic carbocycles. The smallest absolute Gasteiger partial charge is 0.00222 e. The van der Waals surface area contributed by atoms with E-state index in [-0.39, 0.29) is 0 Å². The first-order valence-electron chi connectivity index (χ1n) is 6.44. The zero-order valence-electron chi connectivity index (χ0n) is 10.4. The third-order valence-corrected chi connectivity index (χ3v) is 3.55. The zero-order chi connectivity index (χ0) is 11.1. The normalized spacial score (nSPS) is 22.8. The number of likely N-dealkylation sites (tertiary alicyclic amines) is 1. The number of nitrogens with zero attached hydrogens (tertiary/aromatic N) is 2. The summed E-state index contributed by atoms with van der Waals surface area (Å²) >= 11 is 0. The maximum atomic E-state index is 5.68. The predicted octanol–water partition coefficient (Wildman–Crippen LogP) is 0.999. The lowest BCUT2D eigenvalue weighted by Crippen LogP contribution is -2.29. The minimum Gasteiger partial charge on any atom is -0.330 e. The van der Waals surface area contributed by atoms with Crippen LogP contribution in [0.25, 0.3) is 0 Å². The van der Waals surface area contributed by atoms with Crippen LogP contribution < -0.4 is 5.73 Å². The van der Waals surface area contributed by atoms with E-state index in [1.807, 2.05) is 0 Å². The maximum absolute atomic E-state index is 5.68. The van der Waals surface area contributed by atoms with Crippen molar-refractivity contribution in [3.63, 3.8) is 0 Å². The highest BCUT2D eigenvalue weighted by atomic mass is 15.2. The number of nitrogens with two attached hydrogens (primary N) is 1. The van der Waals surface area contributed by atoms with Crippen LogP contribution >= 0.6 is 0 Å². The molecule has 3 heteroatoms. The van der Waals surface area contributed by atoms with Gasteiger partial charge in [0, 0.05) is 6.54 Å². The zero-order valence-corrected chi connectivity index (χ0v) is 10.4. The van der Waals surface area contributed by atoms with E-state index < -0.39 is 0 Å². The molecule has 0 amide bonds. The Labute approximate surface area is 94.6 Å². The second-order valence-corrected chi connectivity index (χ2v) is 4.57. The van der Waals surface area contributed by atoms with Gasteiger partial charge in [0.1, 0.15) is 0 Å². The van der Waals surface area contributed by atoms with Crippen LogP contribution in [0, 0.1) is 5.92 Å². The largest absolute Gasteiger partial charge is 0.330 e. The second-order valence-electron chi connectivity index (χ2n) is 4.57. The van der Waals surface area contributed by atoms with E-state index >= 15 is 0 Å².